The third-order valence-electron chi connectivity index (χ3n) is 4.30. The zero-order chi connectivity index (χ0) is 17.9. The van der Waals surface area contributed by atoms with Crippen LogP contribution >= 0.6 is 0 Å². The Labute approximate surface area is 147 Å². The lowest BCUT2D eigenvalue weighted by atomic mass is 10.1. The summed E-state index contributed by atoms with van der Waals surface area (Å²) in [6.45, 7) is 5.08. The molecule has 2 heterocycles. The van der Waals surface area contributed by atoms with Crippen LogP contribution in [0.15, 0.2) is 30.3 Å². The van der Waals surface area contributed by atoms with Gasteiger partial charge < -0.3 is 24.4 Å². The average Bonchev–Trinajstić information content (AvgIpc) is 2.96. The van der Waals surface area contributed by atoms with Crippen LogP contribution in [0.5, 0.6) is 5.75 Å². The van der Waals surface area contributed by atoms with Gasteiger partial charge in [0, 0.05) is 19.5 Å². The fourth-order valence-corrected chi connectivity index (χ4v) is 2.88. The van der Waals surface area contributed by atoms with E-state index in [9.17, 15) is 9.59 Å². The third-order valence-corrected chi connectivity index (χ3v) is 4.30. The summed E-state index contributed by atoms with van der Waals surface area (Å²) in [7, 11) is 0. The summed E-state index contributed by atoms with van der Waals surface area (Å²) in [5.41, 5.74) is 0. The van der Waals surface area contributed by atoms with Crippen molar-refractivity contribution < 1.29 is 23.8 Å². The number of ether oxygens (including phenoxy) is 3. The lowest BCUT2D eigenvalue weighted by Crippen LogP contribution is -2.56. The lowest BCUT2D eigenvalue weighted by molar-refractivity contribution is -0.149. The van der Waals surface area contributed by atoms with Crippen molar-refractivity contribution in [2.75, 3.05) is 26.3 Å². The molecule has 3 rings (SSSR count). The van der Waals surface area contributed by atoms with Crippen molar-refractivity contribution in [1.82, 2.24) is 10.2 Å². The van der Waals surface area contributed by atoms with E-state index in [2.05, 4.69) is 5.32 Å². The highest BCUT2D eigenvalue weighted by Gasteiger charge is 2.40. The molecule has 7 nitrogen and oxygen atoms in total. The van der Waals surface area contributed by atoms with Crippen molar-refractivity contribution in [1.29, 1.82) is 0 Å². The van der Waals surface area contributed by atoms with Gasteiger partial charge in [0.1, 0.15) is 11.9 Å². The minimum absolute atomic E-state index is 0.0918. The van der Waals surface area contributed by atoms with E-state index < -0.39 is 5.79 Å². The maximum absolute atomic E-state index is 12.3. The monoisotopic (exact) mass is 348 g/mol. The van der Waals surface area contributed by atoms with Crippen LogP contribution in [0.25, 0.3) is 0 Å². The molecule has 2 fully saturated rings. The molecule has 2 atom stereocenters. The smallest absolute Gasteiger partial charge is 0.258 e. The molecule has 0 spiro atoms. The minimum Gasteiger partial charge on any atom is -0.484 e. The molecule has 1 unspecified atom stereocenters. The zero-order valence-electron chi connectivity index (χ0n) is 14.6. The van der Waals surface area contributed by atoms with Crippen LogP contribution in [0.4, 0.5) is 0 Å². The van der Waals surface area contributed by atoms with Crippen LogP contribution < -0.4 is 10.1 Å². The van der Waals surface area contributed by atoms with Crippen LogP contribution in [-0.2, 0) is 19.1 Å². The fourth-order valence-electron chi connectivity index (χ4n) is 2.88. The number of hydrogen-bond acceptors (Lipinski definition) is 5. The summed E-state index contributed by atoms with van der Waals surface area (Å²) in [6.07, 6.45) is 0.259. The predicted octanol–water partition coefficient (Wildman–Crippen LogP) is 0.934. The van der Waals surface area contributed by atoms with Gasteiger partial charge in [0.2, 0.25) is 5.91 Å². The van der Waals surface area contributed by atoms with Gasteiger partial charge in [-0.15, -0.1) is 0 Å². The van der Waals surface area contributed by atoms with Crippen molar-refractivity contribution in [3.8, 4) is 5.75 Å². The van der Waals surface area contributed by atoms with Crippen molar-refractivity contribution in [3.63, 3.8) is 0 Å². The van der Waals surface area contributed by atoms with Crippen molar-refractivity contribution in [2.45, 2.75) is 38.2 Å². The molecule has 7 heteroatoms. The first-order chi connectivity index (χ1) is 11.9. The first-order valence-corrected chi connectivity index (χ1v) is 8.50. The Balaban J connectivity index is 1.56. The molecular weight excluding hydrogens is 324 g/mol. The Kier molecular flexibility index (Phi) is 5.24. The van der Waals surface area contributed by atoms with E-state index in [1.165, 1.54) is 0 Å². The number of nitrogens with one attached hydrogen (secondary N) is 1. The maximum atomic E-state index is 12.3. The summed E-state index contributed by atoms with van der Waals surface area (Å²) >= 11 is 0. The quantitative estimate of drug-likeness (QED) is 0.742. The van der Waals surface area contributed by atoms with Crippen molar-refractivity contribution >= 4 is 11.8 Å². The molecule has 1 aromatic rings. The van der Waals surface area contributed by atoms with Gasteiger partial charge >= 0.3 is 0 Å². The SMILES string of the molecule is CC1(C)OCC([C@@H](CN2CCC2=O)NC(=O)COc2ccccc2)O1. The number of amides is 2. The van der Waals surface area contributed by atoms with E-state index in [0.29, 0.717) is 31.9 Å². The molecule has 2 amide bonds. The standard InChI is InChI=1S/C18H24N2O5/c1-18(2)24-11-15(25-18)14(10-20-9-8-17(20)22)19-16(21)12-23-13-6-4-3-5-7-13/h3-7,14-15H,8-12H2,1-2H3,(H,19,21)/t14-,15?/m1/s1. The zero-order valence-corrected chi connectivity index (χ0v) is 14.6. The Morgan fingerprint density at radius 3 is 2.72 bits per heavy atom. The first-order valence-electron chi connectivity index (χ1n) is 8.50. The Bertz CT molecular complexity index is 619. The van der Waals surface area contributed by atoms with Gasteiger partial charge in [0.25, 0.3) is 5.91 Å². The normalized spacial score (nSPS) is 23.0. The summed E-state index contributed by atoms with van der Waals surface area (Å²) in [6, 6.07) is 8.82. The van der Waals surface area contributed by atoms with Gasteiger partial charge in [0.15, 0.2) is 12.4 Å². The number of carbonyl (C=O) groups excluding carboxylic acids is 2. The third kappa shape index (κ3) is 4.70. The predicted molar refractivity (Wildman–Crippen MR) is 90.0 cm³/mol. The molecule has 2 aliphatic rings. The van der Waals surface area contributed by atoms with E-state index in [-0.39, 0.29) is 30.6 Å². The molecule has 0 saturated carbocycles. The molecule has 1 aromatic carbocycles. The fraction of sp³-hybridized carbons (Fsp3) is 0.556. The number of likely N-dealkylation sites (tertiary alicyclic amines) is 1. The van der Waals surface area contributed by atoms with E-state index in [1.54, 1.807) is 17.0 Å². The van der Waals surface area contributed by atoms with Crippen LogP contribution in [0.1, 0.15) is 20.3 Å². The first kappa shape index (κ1) is 17.7. The van der Waals surface area contributed by atoms with Crippen LogP contribution in [0.2, 0.25) is 0 Å². The van der Waals surface area contributed by atoms with Crippen LogP contribution in [-0.4, -0.2) is 61.0 Å². The molecular formula is C18H24N2O5. The minimum atomic E-state index is -0.687. The summed E-state index contributed by atoms with van der Waals surface area (Å²) in [5.74, 6) is -0.213. The molecule has 2 saturated heterocycles. The average molecular weight is 348 g/mol. The van der Waals surface area contributed by atoms with Gasteiger partial charge in [-0.1, -0.05) is 18.2 Å². The van der Waals surface area contributed by atoms with E-state index in [0.717, 1.165) is 0 Å². The van der Waals surface area contributed by atoms with Gasteiger partial charge in [-0.3, -0.25) is 9.59 Å². The number of nitrogens with zero attached hydrogens (tertiary/aromatic N) is 1. The second kappa shape index (κ2) is 7.41. The number of carbonyl (C=O) groups is 2. The van der Waals surface area contributed by atoms with Gasteiger partial charge in [0.05, 0.1) is 12.6 Å². The lowest BCUT2D eigenvalue weighted by Gasteiger charge is -2.36. The van der Waals surface area contributed by atoms with Crippen LogP contribution in [0, 0.1) is 0 Å². The summed E-state index contributed by atoms with van der Waals surface area (Å²) in [5, 5.41) is 2.92. The Morgan fingerprint density at radius 2 is 2.16 bits per heavy atom. The number of benzene rings is 1. The topological polar surface area (TPSA) is 77.1 Å². The van der Waals surface area contributed by atoms with E-state index in [1.807, 2.05) is 32.0 Å². The molecule has 2 aliphatic heterocycles. The number of para-hydroxylation sites is 1. The second-order valence-electron chi connectivity index (χ2n) is 6.73. The number of β-lactam (4-membered cyclic amide) rings is 1. The molecule has 0 radical (unpaired) electrons. The van der Waals surface area contributed by atoms with Gasteiger partial charge in [-0.25, -0.2) is 0 Å². The molecule has 0 aliphatic carbocycles. The molecule has 1 N–H and O–H groups in total. The number of hydrogen-bond donors (Lipinski definition) is 1. The number of rotatable bonds is 7. The Morgan fingerprint density at radius 1 is 1.40 bits per heavy atom. The molecule has 136 valence electrons. The highest BCUT2D eigenvalue weighted by Crippen LogP contribution is 2.25. The van der Waals surface area contributed by atoms with Crippen molar-refractivity contribution in [3.05, 3.63) is 30.3 Å². The van der Waals surface area contributed by atoms with Gasteiger partial charge in [-0.05, 0) is 26.0 Å². The van der Waals surface area contributed by atoms with E-state index in [4.69, 9.17) is 14.2 Å². The van der Waals surface area contributed by atoms with E-state index >= 15 is 0 Å². The molecule has 0 bridgehead atoms. The molecule has 25 heavy (non-hydrogen) atoms. The highest BCUT2D eigenvalue weighted by molar-refractivity contribution is 5.82. The second-order valence-corrected chi connectivity index (χ2v) is 6.73. The van der Waals surface area contributed by atoms with Crippen LogP contribution in [0.3, 0.4) is 0 Å². The summed E-state index contributed by atoms with van der Waals surface area (Å²) in [4.78, 5) is 25.6. The maximum Gasteiger partial charge on any atom is 0.258 e. The van der Waals surface area contributed by atoms with Crippen molar-refractivity contribution in [2.24, 2.45) is 0 Å². The Hall–Kier alpha value is -2.12. The largest absolute Gasteiger partial charge is 0.484 e. The summed E-state index contributed by atoms with van der Waals surface area (Å²) < 4.78 is 16.9. The molecule has 0 aromatic heterocycles. The highest BCUT2D eigenvalue weighted by atomic mass is 16.7. The van der Waals surface area contributed by atoms with Gasteiger partial charge in [-0.2, -0.15) is 0 Å².